The number of ether oxygens (including phenoxy) is 2. The molecule has 1 aromatic carbocycles. The van der Waals surface area contributed by atoms with Gasteiger partial charge in [-0.05, 0) is 54.7 Å². The summed E-state index contributed by atoms with van der Waals surface area (Å²) in [5.74, 6) is 0.250. The first-order valence-electron chi connectivity index (χ1n) is 11.0. The molecule has 1 heterocycles. The zero-order valence-electron chi connectivity index (χ0n) is 19.2. The molecule has 32 heavy (non-hydrogen) atoms. The van der Waals surface area contributed by atoms with Crippen molar-refractivity contribution >= 4 is 35.1 Å². The summed E-state index contributed by atoms with van der Waals surface area (Å²) < 4.78 is 10.9. The van der Waals surface area contributed by atoms with Crippen molar-refractivity contribution in [2.24, 2.45) is 11.8 Å². The minimum atomic E-state index is -0.826. The Morgan fingerprint density at radius 1 is 1.19 bits per heavy atom. The molecule has 0 bridgehead atoms. The maximum atomic E-state index is 12.6. The molecule has 0 aromatic heterocycles. The molecule has 1 aliphatic heterocycles. The third-order valence-corrected chi connectivity index (χ3v) is 5.17. The second-order valence-electron chi connectivity index (χ2n) is 8.60. The fourth-order valence-corrected chi connectivity index (χ4v) is 3.30. The highest BCUT2D eigenvalue weighted by Gasteiger charge is 2.34. The Labute approximate surface area is 195 Å². The first kappa shape index (κ1) is 25.6. The van der Waals surface area contributed by atoms with Gasteiger partial charge in [0.25, 0.3) is 5.91 Å². The molecule has 2 rings (SSSR count). The largest absolute Gasteiger partial charge is 0.494 e. The van der Waals surface area contributed by atoms with Gasteiger partial charge >= 0.3 is 5.97 Å². The molecule has 1 aromatic rings. The lowest BCUT2D eigenvalue weighted by molar-refractivity contribution is -0.148. The van der Waals surface area contributed by atoms with E-state index in [9.17, 15) is 14.4 Å². The summed E-state index contributed by atoms with van der Waals surface area (Å²) in [6.45, 7) is 9.78. The van der Waals surface area contributed by atoms with Crippen LogP contribution in [-0.2, 0) is 14.3 Å². The predicted octanol–water partition coefficient (Wildman–Crippen LogP) is 2.52. The molecule has 0 spiro atoms. The monoisotopic (exact) mass is 463 g/mol. The van der Waals surface area contributed by atoms with Crippen LogP contribution in [0.15, 0.2) is 24.3 Å². The van der Waals surface area contributed by atoms with Crippen molar-refractivity contribution in [1.29, 1.82) is 0 Å². The van der Waals surface area contributed by atoms with Gasteiger partial charge in [-0.2, -0.15) is 0 Å². The molecule has 0 aliphatic carbocycles. The lowest BCUT2D eigenvalue weighted by Crippen LogP contribution is -2.60. The van der Waals surface area contributed by atoms with Gasteiger partial charge in [0.1, 0.15) is 11.8 Å². The van der Waals surface area contributed by atoms with Gasteiger partial charge in [-0.25, -0.2) is 0 Å². The fourth-order valence-electron chi connectivity index (χ4n) is 2.99. The highest BCUT2D eigenvalue weighted by molar-refractivity contribution is 7.80. The Morgan fingerprint density at radius 3 is 2.50 bits per heavy atom. The standard InChI is InChI=1S/C23H33N3O5S/c1-15(2)9-12-30-18-7-5-17(6-8-18)21(28)25-23(32)26-11-10-24-22(29)19(26)13-20(27)31-14-16(3)4/h5-8,15-16,19H,9-14H2,1-4H3,(H,24,29)(H,25,28,32). The van der Waals surface area contributed by atoms with E-state index in [2.05, 4.69) is 24.5 Å². The first-order chi connectivity index (χ1) is 15.2. The van der Waals surface area contributed by atoms with Crippen molar-refractivity contribution in [2.45, 2.75) is 46.6 Å². The molecule has 1 unspecified atom stereocenters. The van der Waals surface area contributed by atoms with Crippen LogP contribution in [0.3, 0.4) is 0 Å². The Kier molecular flexibility index (Phi) is 9.90. The van der Waals surface area contributed by atoms with Crippen molar-refractivity contribution in [2.75, 3.05) is 26.3 Å². The van der Waals surface area contributed by atoms with Crippen molar-refractivity contribution in [3.63, 3.8) is 0 Å². The maximum Gasteiger partial charge on any atom is 0.308 e. The summed E-state index contributed by atoms with van der Waals surface area (Å²) in [4.78, 5) is 38.7. The number of nitrogens with zero attached hydrogens (tertiary/aromatic N) is 1. The summed E-state index contributed by atoms with van der Waals surface area (Å²) in [6.07, 6.45) is 0.809. The number of nitrogens with one attached hydrogen (secondary N) is 2. The Bertz CT molecular complexity index is 810. The summed E-state index contributed by atoms with van der Waals surface area (Å²) in [7, 11) is 0. The molecule has 2 amide bonds. The maximum absolute atomic E-state index is 12.6. The van der Waals surface area contributed by atoms with Crippen molar-refractivity contribution in [3.05, 3.63) is 29.8 Å². The van der Waals surface area contributed by atoms with Crippen LogP contribution in [-0.4, -0.2) is 60.1 Å². The third kappa shape index (κ3) is 8.11. The minimum absolute atomic E-state index is 0.101. The quantitative estimate of drug-likeness (QED) is 0.429. The second-order valence-corrected chi connectivity index (χ2v) is 8.98. The number of amides is 2. The number of thiocarbonyl (C=S) groups is 1. The molecule has 9 heteroatoms. The zero-order valence-corrected chi connectivity index (χ0v) is 20.0. The molecule has 8 nitrogen and oxygen atoms in total. The van der Waals surface area contributed by atoms with Crippen LogP contribution in [0.25, 0.3) is 0 Å². The van der Waals surface area contributed by atoms with E-state index in [1.54, 1.807) is 29.2 Å². The van der Waals surface area contributed by atoms with E-state index >= 15 is 0 Å². The predicted molar refractivity (Wildman–Crippen MR) is 125 cm³/mol. The van der Waals surface area contributed by atoms with Gasteiger partial charge in [-0.1, -0.05) is 27.7 Å². The molecule has 2 N–H and O–H groups in total. The first-order valence-corrected chi connectivity index (χ1v) is 11.4. The number of piperazine rings is 1. The molecule has 1 fully saturated rings. The molecule has 1 atom stereocenters. The Balaban J connectivity index is 1.95. The summed E-state index contributed by atoms with van der Waals surface area (Å²) in [5, 5.41) is 5.49. The number of esters is 1. The number of benzene rings is 1. The van der Waals surface area contributed by atoms with Crippen LogP contribution >= 0.6 is 12.2 Å². The number of rotatable bonds is 9. The van der Waals surface area contributed by atoms with Crippen LogP contribution in [0.5, 0.6) is 5.75 Å². The van der Waals surface area contributed by atoms with Gasteiger partial charge in [0.15, 0.2) is 5.11 Å². The zero-order chi connectivity index (χ0) is 23.7. The Hall–Kier alpha value is -2.68. The van der Waals surface area contributed by atoms with Crippen LogP contribution in [0, 0.1) is 11.8 Å². The third-order valence-electron chi connectivity index (χ3n) is 4.83. The molecular formula is C23H33N3O5S. The fraction of sp³-hybridized carbons (Fsp3) is 0.565. The molecule has 0 saturated carbocycles. The van der Waals surface area contributed by atoms with Gasteiger partial charge in [-0.15, -0.1) is 0 Å². The van der Waals surface area contributed by atoms with Gasteiger partial charge in [-0.3, -0.25) is 19.7 Å². The molecule has 1 saturated heterocycles. The smallest absolute Gasteiger partial charge is 0.308 e. The van der Waals surface area contributed by atoms with E-state index in [1.165, 1.54) is 0 Å². The number of carbonyl (C=O) groups excluding carboxylic acids is 3. The minimum Gasteiger partial charge on any atom is -0.494 e. The van der Waals surface area contributed by atoms with Crippen LogP contribution in [0.4, 0.5) is 0 Å². The number of hydrogen-bond donors (Lipinski definition) is 2. The van der Waals surface area contributed by atoms with Crippen LogP contribution < -0.4 is 15.4 Å². The lowest BCUT2D eigenvalue weighted by Gasteiger charge is -2.36. The van der Waals surface area contributed by atoms with E-state index in [0.29, 0.717) is 36.9 Å². The van der Waals surface area contributed by atoms with Crippen molar-refractivity contribution in [1.82, 2.24) is 15.5 Å². The van der Waals surface area contributed by atoms with Crippen molar-refractivity contribution < 1.29 is 23.9 Å². The summed E-state index contributed by atoms with van der Waals surface area (Å²) in [6, 6.07) is 5.96. The van der Waals surface area contributed by atoms with E-state index < -0.39 is 17.9 Å². The van der Waals surface area contributed by atoms with Crippen LogP contribution in [0.1, 0.15) is 50.9 Å². The highest BCUT2D eigenvalue weighted by Crippen LogP contribution is 2.15. The summed E-state index contributed by atoms with van der Waals surface area (Å²) >= 11 is 5.38. The molecular weight excluding hydrogens is 430 g/mol. The lowest BCUT2D eigenvalue weighted by atomic mass is 10.1. The number of hydrogen-bond acceptors (Lipinski definition) is 6. The van der Waals surface area contributed by atoms with E-state index in [4.69, 9.17) is 21.7 Å². The second kappa shape index (κ2) is 12.4. The van der Waals surface area contributed by atoms with Gasteiger partial charge < -0.3 is 19.7 Å². The molecule has 0 radical (unpaired) electrons. The normalized spacial score (nSPS) is 16.0. The average molecular weight is 464 g/mol. The van der Waals surface area contributed by atoms with Gasteiger partial charge in [0.05, 0.1) is 19.6 Å². The molecule has 1 aliphatic rings. The highest BCUT2D eigenvalue weighted by atomic mass is 32.1. The Morgan fingerprint density at radius 2 is 1.88 bits per heavy atom. The van der Waals surface area contributed by atoms with E-state index in [0.717, 1.165) is 6.42 Å². The van der Waals surface area contributed by atoms with E-state index in [-0.39, 0.29) is 30.0 Å². The number of carbonyl (C=O) groups is 3. The average Bonchev–Trinajstić information content (AvgIpc) is 2.73. The van der Waals surface area contributed by atoms with Crippen LogP contribution in [0.2, 0.25) is 0 Å². The van der Waals surface area contributed by atoms with Gasteiger partial charge in [0, 0.05) is 18.7 Å². The topological polar surface area (TPSA) is 97.0 Å². The molecule has 176 valence electrons. The summed E-state index contributed by atoms with van der Waals surface area (Å²) in [5.41, 5.74) is 0.415. The SMILES string of the molecule is CC(C)CCOc1ccc(C(=O)NC(=S)N2CCNC(=O)C2CC(=O)OCC(C)C)cc1. The van der Waals surface area contributed by atoms with Crippen molar-refractivity contribution in [3.8, 4) is 5.75 Å². The van der Waals surface area contributed by atoms with Gasteiger partial charge in [0.2, 0.25) is 5.91 Å². The van der Waals surface area contributed by atoms with E-state index in [1.807, 2.05) is 13.8 Å².